The maximum atomic E-state index is 12.4. The number of carbonyl (C=O) groups is 1. The predicted molar refractivity (Wildman–Crippen MR) is 90.0 cm³/mol. The first-order chi connectivity index (χ1) is 10.5. The summed E-state index contributed by atoms with van der Waals surface area (Å²) in [7, 11) is 0. The maximum absolute atomic E-state index is 12.4. The summed E-state index contributed by atoms with van der Waals surface area (Å²) in [5.41, 5.74) is 3.11. The Morgan fingerprint density at radius 3 is 2.70 bits per heavy atom. The van der Waals surface area contributed by atoms with Gasteiger partial charge in [-0.1, -0.05) is 45.5 Å². The molecule has 1 heterocycles. The highest BCUT2D eigenvalue weighted by atomic mass is 16.5. The summed E-state index contributed by atoms with van der Waals surface area (Å²) >= 11 is 0. The smallest absolute Gasteiger partial charge is 0.328 e. The summed E-state index contributed by atoms with van der Waals surface area (Å²) in [6.45, 7) is 5.56. The van der Waals surface area contributed by atoms with E-state index in [9.17, 15) is 9.59 Å². The molecular formula is C18H24N2O3. The van der Waals surface area contributed by atoms with Crippen molar-refractivity contribution in [3.8, 4) is 0 Å². The van der Waals surface area contributed by atoms with E-state index >= 15 is 0 Å². The molecule has 23 heavy (non-hydrogen) atoms. The molecule has 3 rings (SSSR count). The van der Waals surface area contributed by atoms with Gasteiger partial charge in [-0.2, -0.15) is 0 Å². The lowest BCUT2D eigenvalue weighted by Gasteiger charge is -2.14. The maximum Gasteiger partial charge on any atom is 0.361 e. The van der Waals surface area contributed by atoms with Crippen LogP contribution in [-0.2, 0) is 6.42 Å². The number of aromatic nitrogens is 1. The highest BCUT2D eigenvalue weighted by Crippen LogP contribution is 2.30. The molecule has 1 aromatic carbocycles. The van der Waals surface area contributed by atoms with Crippen molar-refractivity contribution in [3.63, 3.8) is 0 Å². The van der Waals surface area contributed by atoms with Crippen LogP contribution in [-0.4, -0.2) is 10.8 Å². The molecule has 5 heteroatoms. The van der Waals surface area contributed by atoms with Gasteiger partial charge < -0.3 is 9.84 Å². The first-order valence-electron chi connectivity index (χ1n) is 7.60. The normalized spacial score (nSPS) is 16.1. The minimum Gasteiger partial charge on any atom is -0.328 e. The number of rotatable bonds is 2. The van der Waals surface area contributed by atoms with E-state index in [2.05, 4.69) is 11.4 Å². The van der Waals surface area contributed by atoms with Crippen LogP contribution in [0.5, 0.6) is 0 Å². The van der Waals surface area contributed by atoms with Crippen molar-refractivity contribution in [2.45, 2.75) is 53.0 Å². The Bertz CT molecular complexity index is 771. The molecule has 0 saturated carbocycles. The molecule has 1 aliphatic rings. The number of benzene rings is 1. The fourth-order valence-electron chi connectivity index (χ4n) is 3.22. The van der Waals surface area contributed by atoms with Gasteiger partial charge in [-0.05, 0) is 36.8 Å². The van der Waals surface area contributed by atoms with Crippen molar-refractivity contribution >= 4 is 6.03 Å². The summed E-state index contributed by atoms with van der Waals surface area (Å²) in [5, 5.41) is 2.96. The zero-order valence-corrected chi connectivity index (χ0v) is 13.1. The van der Waals surface area contributed by atoms with Crippen LogP contribution in [0.15, 0.2) is 33.6 Å². The monoisotopic (exact) mass is 316 g/mol. The van der Waals surface area contributed by atoms with Crippen LogP contribution in [0.1, 0.15) is 62.0 Å². The van der Waals surface area contributed by atoms with Crippen LogP contribution >= 0.6 is 0 Å². The van der Waals surface area contributed by atoms with Gasteiger partial charge in [0.25, 0.3) is 0 Å². The Morgan fingerprint density at radius 1 is 1.35 bits per heavy atom. The molecule has 124 valence electrons. The number of hydrogen-bond donors (Lipinski definition) is 1. The van der Waals surface area contributed by atoms with Gasteiger partial charge in [-0.15, -0.1) is 4.74 Å². The van der Waals surface area contributed by atoms with E-state index in [1.54, 1.807) is 6.92 Å². The predicted octanol–water partition coefficient (Wildman–Crippen LogP) is 3.75. The van der Waals surface area contributed by atoms with E-state index in [1.807, 2.05) is 32.0 Å². The van der Waals surface area contributed by atoms with Gasteiger partial charge in [0.15, 0.2) is 0 Å². The van der Waals surface area contributed by atoms with Crippen LogP contribution < -0.4 is 10.9 Å². The minimum absolute atomic E-state index is 0. The standard InChI is InChI=1S/C17H20N2O3.CH4/c1-10(2)15-11(3)19(22-16(15)20)17(21)18-14-9-8-12-6-4-5-7-13(12)14;/h4-7,10,14H,8-9H2,1-3H3,(H,18,21);1H4/t14-;/m1./s1. The van der Waals surface area contributed by atoms with Gasteiger partial charge >= 0.3 is 11.7 Å². The molecule has 1 N–H and O–H groups in total. The second kappa shape index (κ2) is 6.44. The van der Waals surface area contributed by atoms with Crippen molar-refractivity contribution in [3.05, 3.63) is 57.1 Å². The quantitative estimate of drug-likeness (QED) is 0.917. The Labute approximate surface area is 136 Å². The van der Waals surface area contributed by atoms with Gasteiger partial charge in [0.05, 0.1) is 17.3 Å². The number of aryl methyl sites for hydroxylation is 1. The zero-order valence-electron chi connectivity index (χ0n) is 13.1. The molecule has 1 aromatic heterocycles. The average Bonchev–Trinajstić information content (AvgIpc) is 3.00. The molecule has 0 spiro atoms. The van der Waals surface area contributed by atoms with E-state index in [-0.39, 0.29) is 25.4 Å². The third kappa shape index (κ3) is 2.96. The Morgan fingerprint density at radius 2 is 2.04 bits per heavy atom. The molecule has 0 unspecified atom stereocenters. The van der Waals surface area contributed by atoms with Crippen molar-refractivity contribution in [1.29, 1.82) is 0 Å². The molecule has 0 saturated heterocycles. The van der Waals surface area contributed by atoms with E-state index in [1.165, 1.54) is 5.56 Å². The van der Waals surface area contributed by atoms with Gasteiger partial charge in [-0.25, -0.2) is 9.59 Å². The van der Waals surface area contributed by atoms with Gasteiger partial charge in [0, 0.05) is 0 Å². The molecule has 0 bridgehead atoms. The number of fused-ring (bicyclic) bond motifs is 1. The highest BCUT2D eigenvalue weighted by Gasteiger charge is 2.26. The number of nitrogens with zero attached hydrogens (tertiary/aromatic N) is 1. The minimum atomic E-state index is -0.436. The van der Waals surface area contributed by atoms with E-state index in [4.69, 9.17) is 4.52 Å². The number of amides is 1. The van der Waals surface area contributed by atoms with E-state index in [0.29, 0.717) is 11.3 Å². The second-order valence-electron chi connectivity index (χ2n) is 6.07. The van der Waals surface area contributed by atoms with E-state index < -0.39 is 5.63 Å². The lowest BCUT2D eigenvalue weighted by Crippen LogP contribution is -2.31. The fourth-order valence-corrected chi connectivity index (χ4v) is 3.22. The van der Waals surface area contributed by atoms with Crippen LogP contribution in [0.2, 0.25) is 0 Å². The summed E-state index contributed by atoms with van der Waals surface area (Å²) in [5.74, 6) is 0.0255. The Balaban J connectivity index is 0.00000192. The largest absolute Gasteiger partial charge is 0.361 e. The first kappa shape index (κ1) is 17.1. The first-order valence-corrected chi connectivity index (χ1v) is 7.60. The molecule has 0 aliphatic heterocycles. The Hall–Kier alpha value is -2.30. The Kier molecular flexibility index (Phi) is 4.78. The molecular weight excluding hydrogens is 292 g/mol. The van der Waals surface area contributed by atoms with Crippen molar-refractivity contribution in [1.82, 2.24) is 10.1 Å². The van der Waals surface area contributed by atoms with Crippen LogP contribution in [0.4, 0.5) is 4.79 Å². The summed E-state index contributed by atoms with van der Waals surface area (Å²) in [6, 6.07) is 7.68. The lowest BCUT2D eigenvalue weighted by atomic mass is 10.1. The second-order valence-corrected chi connectivity index (χ2v) is 6.07. The van der Waals surface area contributed by atoms with Crippen LogP contribution in [0, 0.1) is 6.92 Å². The number of carbonyl (C=O) groups excluding carboxylic acids is 1. The number of nitrogens with one attached hydrogen (secondary N) is 1. The zero-order chi connectivity index (χ0) is 15.9. The fraction of sp³-hybridized carbons (Fsp3) is 0.444. The summed E-state index contributed by atoms with van der Waals surface area (Å²) < 4.78 is 6.20. The van der Waals surface area contributed by atoms with Gasteiger partial charge in [0.2, 0.25) is 0 Å². The van der Waals surface area contributed by atoms with Crippen molar-refractivity contribution in [2.75, 3.05) is 0 Å². The number of hydrogen-bond acceptors (Lipinski definition) is 3. The lowest BCUT2D eigenvalue weighted by molar-refractivity contribution is 0.201. The summed E-state index contributed by atoms with van der Waals surface area (Å²) in [6.07, 6.45) is 1.82. The molecule has 5 nitrogen and oxygen atoms in total. The van der Waals surface area contributed by atoms with Gasteiger partial charge in [-0.3, -0.25) is 0 Å². The molecule has 1 aliphatic carbocycles. The molecule has 1 atom stereocenters. The molecule has 2 aromatic rings. The molecule has 1 amide bonds. The van der Waals surface area contributed by atoms with Crippen LogP contribution in [0.25, 0.3) is 0 Å². The van der Waals surface area contributed by atoms with Crippen molar-refractivity contribution < 1.29 is 9.32 Å². The highest BCUT2D eigenvalue weighted by molar-refractivity contribution is 5.77. The molecule has 0 radical (unpaired) electrons. The van der Waals surface area contributed by atoms with E-state index in [0.717, 1.165) is 23.1 Å². The third-order valence-corrected chi connectivity index (χ3v) is 4.28. The van der Waals surface area contributed by atoms with Crippen molar-refractivity contribution in [2.24, 2.45) is 0 Å². The van der Waals surface area contributed by atoms with Crippen LogP contribution in [0.3, 0.4) is 0 Å². The third-order valence-electron chi connectivity index (χ3n) is 4.28. The SMILES string of the molecule is C.Cc1c(C(C)C)c(=O)on1C(=O)N[C@@H]1CCc2ccccc21. The van der Waals surface area contributed by atoms with Gasteiger partial charge in [0.1, 0.15) is 0 Å². The summed E-state index contributed by atoms with van der Waals surface area (Å²) in [4.78, 5) is 24.3. The average molecular weight is 316 g/mol. The topological polar surface area (TPSA) is 64.2 Å². The molecule has 0 fully saturated rings.